The van der Waals surface area contributed by atoms with Crippen molar-refractivity contribution in [2.75, 3.05) is 5.32 Å². The minimum absolute atomic E-state index is 0.0101. The van der Waals surface area contributed by atoms with E-state index in [4.69, 9.17) is 5.73 Å². The molecule has 1 aliphatic rings. The van der Waals surface area contributed by atoms with Crippen LogP contribution in [0.15, 0.2) is 35.3 Å². The van der Waals surface area contributed by atoms with Crippen LogP contribution in [-0.4, -0.2) is 16.4 Å². The molecule has 3 N–H and O–H groups in total. The quantitative estimate of drug-likeness (QED) is 0.791. The van der Waals surface area contributed by atoms with Crippen LogP contribution in [0.2, 0.25) is 0 Å². The summed E-state index contributed by atoms with van der Waals surface area (Å²) >= 11 is 0. The minimum Gasteiger partial charge on any atom is -0.368 e. The molecule has 27 heavy (non-hydrogen) atoms. The molecule has 6 nitrogen and oxygen atoms in total. The molecule has 0 spiro atoms. The van der Waals surface area contributed by atoms with Crippen LogP contribution in [0.5, 0.6) is 0 Å². The van der Waals surface area contributed by atoms with Gasteiger partial charge in [0.1, 0.15) is 6.04 Å². The number of nitrogens with zero attached hydrogens (tertiary/aromatic N) is 1. The van der Waals surface area contributed by atoms with Crippen LogP contribution in [0.3, 0.4) is 0 Å². The molecule has 1 aromatic carbocycles. The van der Waals surface area contributed by atoms with Gasteiger partial charge in [0.2, 0.25) is 11.8 Å². The Hall–Kier alpha value is -2.63. The number of amides is 2. The summed E-state index contributed by atoms with van der Waals surface area (Å²) < 4.78 is 1.32. The van der Waals surface area contributed by atoms with Gasteiger partial charge in [-0.3, -0.25) is 14.4 Å². The number of anilines is 1. The summed E-state index contributed by atoms with van der Waals surface area (Å²) in [6.07, 6.45) is 9.22. The number of benzene rings is 1. The van der Waals surface area contributed by atoms with Gasteiger partial charge in [0.05, 0.1) is 0 Å². The molecule has 0 radical (unpaired) electrons. The Labute approximate surface area is 158 Å². The van der Waals surface area contributed by atoms with Gasteiger partial charge < -0.3 is 15.6 Å². The van der Waals surface area contributed by atoms with Crippen LogP contribution >= 0.6 is 0 Å². The Kier molecular flexibility index (Phi) is 5.94. The molecule has 1 fully saturated rings. The number of aromatic nitrogens is 1. The Balaban J connectivity index is 1.82. The lowest BCUT2D eigenvalue weighted by Crippen LogP contribution is -2.31. The lowest BCUT2D eigenvalue weighted by atomic mass is 9.96. The summed E-state index contributed by atoms with van der Waals surface area (Å²) in [6, 6.07) is 6.26. The molecule has 0 saturated heterocycles. The molecule has 1 saturated carbocycles. The molecule has 1 heterocycles. The summed E-state index contributed by atoms with van der Waals surface area (Å²) in [5.41, 5.74) is 5.66. The number of rotatable bonds is 5. The van der Waals surface area contributed by atoms with Gasteiger partial charge in [-0.2, -0.15) is 0 Å². The maximum absolute atomic E-state index is 12.7. The number of nitrogens with two attached hydrogens (primary N) is 1. The molecule has 1 aliphatic carbocycles. The zero-order valence-electron chi connectivity index (χ0n) is 15.7. The average Bonchev–Trinajstić information content (AvgIpc) is 2.90. The predicted molar refractivity (Wildman–Crippen MR) is 107 cm³/mol. The summed E-state index contributed by atoms with van der Waals surface area (Å²) in [7, 11) is 0. The van der Waals surface area contributed by atoms with E-state index >= 15 is 0 Å². The second kappa shape index (κ2) is 8.37. The first kappa shape index (κ1) is 19.1. The van der Waals surface area contributed by atoms with E-state index in [-0.39, 0.29) is 11.5 Å². The lowest BCUT2D eigenvalue weighted by molar-refractivity contribution is -0.120. The zero-order chi connectivity index (χ0) is 19.4. The normalized spacial score (nSPS) is 16.6. The summed E-state index contributed by atoms with van der Waals surface area (Å²) in [5.74, 6) is -0.135. The molecule has 6 heteroatoms. The smallest absolute Gasteiger partial charge is 0.259 e. The molecule has 2 aromatic rings. The standard InChI is InChI=1S/C21H27N3O3/c1-14(20(22)26)24-12-11-16-17(21(24)27)9-6-10-18(16)23-19(25)13-15-7-4-2-3-5-8-15/h6,9-12,14-15H,2-5,7-8,13H2,1H3,(H2,22,26)(H,23,25)/t14-/m1/s1. The van der Waals surface area contributed by atoms with Crippen molar-refractivity contribution in [2.24, 2.45) is 11.7 Å². The summed E-state index contributed by atoms with van der Waals surface area (Å²) in [6.45, 7) is 1.59. The number of hydrogen-bond donors (Lipinski definition) is 2. The Bertz CT molecular complexity index is 895. The number of primary amides is 1. The number of carbonyl (C=O) groups excluding carboxylic acids is 2. The molecule has 2 amide bonds. The van der Waals surface area contributed by atoms with Crippen LogP contribution in [-0.2, 0) is 9.59 Å². The fourth-order valence-electron chi connectivity index (χ4n) is 3.88. The van der Waals surface area contributed by atoms with Crippen LogP contribution in [0.25, 0.3) is 10.8 Å². The first-order valence-corrected chi connectivity index (χ1v) is 9.70. The van der Waals surface area contributed by atoms with Crippen molar-refractivity contribution in [3.05, 3.63) is 40.8 Å². The van der Waals surface area contributed by atoms with E-state index in [0.29, 0.717) is 28.8 Å². The van der Waals surface area contributed by atoms with Crippen molar-refractivity contribution in [3.63, 3.8) is 0 Å². The van der Waals surface area contributed by atoms with Gasteiger partial charge in [0.25, 0.3) is 5.56 Å². The maximum atomic E-state index is 12.7. The number of carbonyl (C=O) groups is 2. The molecule has 1 aromatic heterocycles. The number of fused-ring (bicyclic) bond motifs is 1. The minimum atomic E-state index is -0.726. The van der Waals surface area contributed by atoms with Gasteiger partial charge in [0, 0.05) is 29.1 Å². The summed E-state index contributed by atoms with van der Waals surface area (Å²) in [4.78, 5) is 36.7. The van der Waals surface area contributed by atoms with Gasteiger partial charge >= 0.3 is 0 Å². The van der Waals surface area contributed by atoms with E-state index in [1.165, 1.54) is 30.3 Å². The summed E-state index contributed by atoms with van der Waals surface area (Å²) in [5, 5.41) is 4.10. The largest absolute Gasteiger partial charge is 0.368 e. The van der Waals surface area contributed by atoms with Gasteiger partial charge in [-0.15, -0.1) is 0 Å². The third-order valence-corrected chi connectivity index (χ3v) is 5.52. The topological polar surface area (TPSA) is 94.2 Å². The number of nitrogens with one attached hydrogen (secondary N) is 1. The first-order valence-electron chi connectivity index (χ1n) is 9.70. The van der Waals surface area contributed by atoms with Gasteiger partial charge in [-0.1, -0.05) is 31.7 Å². The van der Waals surface area contributed by atoms with Crippen LogP contribution in [0, 0.1) is 5.92 Å². The van der Waals surface area contributed by atoms with Crippen molar-refractivity contribution in [1.29, 1.82) is 0 Å². The van der Waals surface area contributed by atoms with E-state index in [9.17, 15) is 14.4 Å². The Morgan fingerprint density at radius 2 is 1.85 bits per heavy atom. The third-order valence-electron chi connectivity index (χ3n) is 5.52. The SMILES string of the molecule is C[C@H](C(N)=O)n1ccc2c(NC(=O)CC3CCCCCC3)cccc2c1=O. The van der Waals surface area contributed by atoms with E-state index in [2.05, 4.69) is 5.32 Å². The first-order chi connectivity index (χ1) is 13.0. The molecule has 3 rings (SSSR count). The molecule has 1 atom stereocenters. The fourth-order valence-corrected chi connectivity index (χ4v) is 3.88. The number of hydrogen-bond acceptors (Lipinski definition) is 3. The van der Waals surface area contributed by atoms with Crippen molar-refractivity contribution in [3.8, 4) is 0 Å². The highest BCUT2D eigenvalue weighted by Gasteiger charge is 2.18. The Morgan fingerprint density at radius 1 is 1.15 bits per heavy atom. The lowest BCUT2D eigenvalue weighted by Gasteiger charge is -2.16. The highest BCUT2D eigenvalue weighted by Crippen LogP contribution is 2.27. The highest BCUT2D eigenvalue weighted by molar-refractivity contribution is 6.01. The maximum Gasteiger partial charge on any atom is 0.259 e. The molecule has 0 bridgehead atoms. The van der Waals surface area contributed by atoms with E-state index < -0.39 is 11.9 Å². The van der Waals surface area contributed by atoms with Gasteiger partial charge in [-0.05, 0) is 43.9 Å². The zero-order valence-corrected chi connectivity index (χ0v) is 15.7. The molecular formula is C21H27N3O3. The second-order valence-electron chi connectivity index (χ2n) is 7.48. The van der Waals surface area contributed by atoms with Crippen molar-refractivity contribution in [1.82, 2.24) is 4.57 Å². The fraction of sp³-hybridized carbons (Fsp3) is 0.476. The Morgan fingerprint density at radius 3 is 2.52 bits per heavy atom. The van der Waals surface area contributed by atoms with Crippen molar-refractivity contribution >= 4 is 28.3 Å². The van der Waals surface area contributed by atoms with E-state index in [0.717, 1.165) is 12.8 Å². The monoisotopic (exact) mass is 369 g/mol. The van der Waals surface area contributed by atoms with Crippen LogP contribution in [0.1, 0.15) is 57.9 Å². The van der Waals surface area contributed by atoms with E-state index in [1.54, 1.807) is 37.4 Å². The molecule has 0 aliphatic heterocycles. The molecule has 0 unspecified atom stereocenters. The van der Waals surface area contributed by atoms with E-state index in [1.807, 2.05) is 0 Å². The molecular weight excluding hydrogens is 342 g/mol. The predicted octanol–water partition coefficient (Wildman–Crippen LogP) is 3.35. The molecule has 144 valence electrons. The van der Waals surface area contributed by atoms with Crippen LogP contribution < -0.4 is 16.6 Å². The van der Waals surface area contributed by atoms with Crippen LogP contribution in [0.4, 0.5) is 5.69 Å². The second-order valence-corrected chi connectivity index (χ2v) is 7.48. The third kappa shape index (κ3) is 4.38. The van der Waals surface area contributed by atoms with Gasteiger partial charge in [-0.25, -0.2) is 0 Å². The highest BCUT2D eigenvalue weighted by atomic mass is 16.2. The van der Waals surface area contributed by atoms with Crippen molar-refractivity contribution < 1.29 is 9.59 Å². The number of pyridine rings is 1. The van der Waals surface area contributed by atoms with Crippen molar-refractivity contribution in [2.45, 2.75) is 57.9 Å². The van der Waals surface area contributed by atoms with Gasteiger partial charge in [0.15, 0.2) is 0 Å². The average molecular weight is 369 g/mol.